The number of likely N-dealkylation sites (tertiary alicyclic amines) is 1. The van der Waals surface area contributed by atoms with E-state index in [0.717, 1.165) is 75.0 Å². The summed E-state index contributed by atoms with van der Waals surface area (Å²) in [6.07, 6.45) is 5.34. The molecule has 1 aliphatic heterocycles. The van der Waals surface area contributed by atoms with Crippen molar-refractivity contribution in [2.45, 2.75) is 63.4 Å². The Morgan fingerprint density at radius 1 is 0.857 bits per heavy atom. The summed E-state index contributed by atoms with van der Waals surface area (Å²) in [6, 6.07) is 27.0. The van der Waals surface area contributed by atoms with Crippen LogP contribution in [0.3, 0.4) is 0 Å². The lowest BCUT2D eigenvalue weighted by Crippen LogP contribution is -2.40. The minimum absolute atomic E-state index is 0.0335. The maximum absolute atomic E-state index is 12.9. The highest BCUT2D eigenvalue weighted by Crippen LogP contribution is 2.40. The standard InChI is InChI=1S/C40H51N3O6/c1-46-39(47-2)28-43(34-15-16-34)38(44)19-22-48-21-18-30-10-8-9-29(23-30)17-20-42-26-32-24-35(25-33(32)27-42)49-40(45)41-37-14-7-6-13-36(37)31-11-4-3-5-12-31/h3-14,23,32-35,39H,15-22,24-28H2,1-2H3,(H,41,45). The first-order chi connectivity index (χ1) is 24.0. The van der Waals surface area contributed by atoms with Gasteiger partial charge in [-0.15, -0.1) is 0 Å². The van der Waals surface area contributed by atoms with Crippen LogP contribution in [0.2, 0.25) is 0 Å². The van der Waals surface area contributed by atoms with Crippen LogP contribution in [0.25, 0.3) is 11.1 Å². The predicted molar refractivity (Wildman–Crippen MR) is 190 cm³/mol. The summed E-state index contributed by atoms with van der Waals surface area (Å²) in [5.74, 6) is 1.24. The number of anilines is 1. The van der Waals surface area contributed by atoms with Gasteiger partial charge in [0.2, 0.25) is 5.91 Å². The van der Waals surface area contributed by atoms with Crippen molar-refractivity contribution >= 4 is 17.7 Å². The van der Waals surface area contributed by atoms with Gasteiger partial charge in [-0.25, -0.2) is 4.79 Å². The molecule has 2 atom stereocenters. The number of fused-ring (bicyclic) bond motifs is 1. The molecule has 3 aliphatic rings. The number of ether oxygens (including phenoxy) is 4. The highest BCUT2D eigenvalue weighted by atomic mass is 16.7. The fourth-order valence-corrected chi connectivity index (χ4v) is 7.44. The smallest absolute Gasteiger partial charge is 0.411 e. The van der Waals surface area contributed by atoms with Crippen LogP contribution in [0.5, 0.6) is 0 Å². The molecular formula is C40H51N3O6. The van der Waals surface area contributed by atoms with E-state index >= 15 is 0 Å². The van der Waals surface area contributed by atoms with Crippen LogP contribution in [0.15, 0.2) is 78.9 Å². The Morgan fingerprint density at radius 3 is 2.27 bits per heavy atom. The third kappa shape index (κ3) is 9.91. The maximum Gasteiger partial charge on any atom is 0.411 e. The van der Waals surface area contributed by atoms with Crippen LogP contribution < -0.4 is 5.32 Å². The largest absolute Gasteiger partial charge is 0.446 e. The molecule has 262 valence electrons. The summed E-state index contributed by atoms with van der Waals surface area (Å²) >= 11 is 0. The zero-order valence-corrected chi connectivity index (χ0v) is 28.9. The summed E-state index contributed by atoms with van der Waals surface area (Å²) in [4.78, 5) is 30.1. The first-order valence-corrected chi connectivity index (χ1v) is 17.8. The molecule has 2 aliphatic carbocycles. The molecule has 9 nitrogen and oxygen atoms in total. The summed E-state index contributed by atoms with van der Waals surface area (Å²) in [5, 5.41) is 2.99. The van der Waals surface area contributed by atoms with Crippen LogP contribution in [0.1, 0.15) is 43.2 Å². The molecule has 0 radical (unpaired) electrons. The van der Waals surface area contributed by atoms with Gasteiger partial charge in [0.25, 0.3) is 0 Å². The molecule has 0 bridgehead atoms. The summed E-state index contributed by atoms with van der Waals surface area (Å²) in [5.41, 5.74) is 5.41. The van der Waals surface area contributed by atoms with Gasteiger partial charge in [0.05, 0.1) is 31.9 Å². The molecule has 2 amide bonds. The van der Waals surface area contributed by atoms with E-state index in [2.05, 4.69) is 34.5 Å². The molecule has 49 heavy (non-hydrogen) atoms. The van der Waals surface area contributed by atoms with Crippen molar-refractivity contribution in [3.05, 3.63) is 90.0 Å². The topological polar surface area (TPSA) is 89.6 Å². The first-order valence-electron chi connectivity index (χ1n) is 17.8. The van der Waals surface area contributed by atoms with E-state index in [-0.39, 0.29) is 18.1 Å². The van der Waals surface area contributed by atoms with Gasteiger partial charge in [-0.1, -0.05) is 72.8 Å². The number of hydrogen-bond acceptors (Lipinski definition) is 7. The predicted octanol–water partition coefficient (Wildman–Crippen LogP) is 6.41. The van der Waals surface area contributed by atoms with Gasteiger partial charge in [-0.2, -0.15) is 0 Å². The van der Waals surface area contributed by atoms with Crippen molar-refractivity contribution in [2.75, 3.05) is 58.9 Å². The summed E-state index contributed by atoms with van der Waals surface area (Å²) < 4.78 is 22.4. The number of nitrogens with zero attached hydrogens (tertiary/aromatic N) is 2. The van der Waals surface area contributed by atoms with E-state index in [9.17, 15) is 9.59 Å². The van der Waals surface area contributed by atoms with Gasteiger partial charge < -0.3 is 28.7 Å². The van der Waals surface area contributed by atoms with E-state index in [0.29, 0.717) is 44.1 Å². The molecular weight excluding hydrogens is 618 g/mol. The second kappa shape index (κ2) is 17.3. The Balaban J connectivity index is 0.873. The van der Waals surface area contributed by atoms with E-state index in [1.165, 1.54) is 11.1 Å². The lowest BCUT2D eigenvalue weighted by atomic mass is 10.0. The lowest BCUT2D eigenvalue weighted by Gasteiger charge is -2.26. The average molecular weight is 670 g/mol. The average Bonchev–Trinajstić information content (AvgIpc) is 3.79. The van der Waals surface area contributed by atoms with Crippen LogP contribution in [0, 0.1) is 11.8 Å². The second-order valence-corrected chi connectivity index (χ2v) is 13.7. The number of amides is 2. The van der Waals surface area contributed by atoms with Crippen molar-refractivity contribution in [1.82, 2.24) is 9.80 Å². The molecule has 2 saturated carbocycles. The highest BCUT2D eigenvalue weighted by Gasteiger charge is 2.42. The van der Waals surface area contributed by atoms with Gasteiger partial charge in [0.1, 0.15) is 6.10 Å². The zero-order valence-electron chi connectivity index (χ0n) is 28.9. The number of carbonyl (C=O) groups excluding carboxylic acids is 2. The molecule has 1 heterocycles. The lowest BCUT2D eigenvalue weighted by molar-refractivity contribution is -0.147. The third-order valence-electron chi connectivity index (χ3n) is 10.2. The first kappa shape index (κ1) is 35.1. The number of hydrogen-bond donors (Lipinski definition) is 1. The second-order valence-electron chi connectivity index (χ2n) is 13.7. The van der Waals surface area contributed by atoms with E-state index < -0.39 is 6.29 Å². The van der Waals surface area contributed by atoms with Gasteiger partial charge in [0, 0.05) is 45.5 Å². The normalized spacial score (nSPS) is 20.3. The molecule has 3 aromatic rings. The van der Waals surface area contributed by atoms with Gasteiger partial charge in [-0.05, 0) is 73.1 Å². The van der Waals surface area contributed by atoms with E-state index in [1.807, 2.05) is 59.5 Å². The van der Waals surface area contributed by atoms with Crippen molar-refractivity contribution < 1.29 is 28.5 Å². The van der Waals surface area contributed by atoms with Gasteiger partial charge in [0.15, 0.2) is 6.29 Å². The summed E-state index contributed by atoms with van der Waals surface area (Å²) in [7, 11) is 3.20. The Bertz CT molecular complexity index is 1500. The van der Waals surface area contributed by atoms with Crippen LogP contribution in [-0.4, -0.2) is 93.8 Å². The molecule has 0 spiro atoms. The fourth-order valence-electron chi connectivity index (χ4n) is 7.44. The van der Waals surface area contributed by atoms with Crippen molar-refractivity contribution in [3.63, 3.8) is 0 Å². The quantitative estimate of drug-likeness (QED) is 0.131. The molecule has 0 aromatic heterocycles. The Morgan fingerprint density at radius 2 is 1.55 bits per heavy atom. The Labute approximate surface area is 290 Å². The molecule has 1 saturated heterocycles. The minimum Gasteiger partial charge on any atom is -0.446 e. The van der Waals surface area contributed by atoms with Gasteiger partial charge >= 0.3 is 6.09 Å². The minimum atomic E-state index is -0.398. The molecule has 6 rings (SSSR count). The third-order valence-corrected chi connectivity index (χ3v) is 10.2. The molecule has 1 N–H and O–H groups in total. The number of rotatable bonds is 17. The fraction of sp³-hybridized carbons (Fsp3) is 0.500. The van der Waals surface area contributed by atoms with Crippen LogP contribution in [-0.2, 0) is 36.6 Å². The molecule has 3 fully saturated rings. The van der Waals surface area contributed by atoms with Crippen molar-refractivity contribution in [1.29, 1.82) is 0 Å². The van der Waals surface area contributed by atoms with Crippen molar-refractivity contribution in [2.24, 2.45) is 11.8 Å². The number of carbonyl (C=O) groups is 2. The summed E-state index contributed by atoms with van der Waals surface area (Å²) in [6.45, 7) is 4.62. The van der Waals surface area contributed by atoms with Crippen molar-refractivity contribution in [3.8, 4) is 11.1 Å². The van der Waals surface area contributed by atoms with Gasteiger partial charge in [-0.3, -0.25) is 10.1 Å². The highest BCUT2D eigenvalue weighted by molar-refractivity contribution is 5.91. The number of methoxy groups -OCH3 is 2. The Kier molecular flexibility index (Phi) is 12.4. The number of para-hydroxylation sites is 1. The number of nitrogens with one attached hydrogen (secondary N) is 1. The van der Waals surface area contributed by atoms with Crippen LogP contribution in [0.4, 0.5) is 10.5 Å². The Hall–Kier alpha value is -3.76. The van der Waals surface area contributed by atoms with E-state index in [1.54, 1.807) is 14.2 Å². The van der Waals surface area contributed by atoms with Crippen LogP contribution >= 0.6 is 0 Å². The zero-order chi connectivity index (χ0) is 34.0. The molecule has 9 heteroatoms. The SMILES string of the molecule is COC(CN(C(=O)CCOCCc1cccc(CCN2CC3CC(OC(=O)Nc4ccccc4-c4ccccc4)CC3C2)c1)C1CC1)OC. The maximum atomic E-state index is 12.9. The monoisotopic (exact) mass is 669 g/mol. The van der Waals surface area contributed by atoms with E-state index in [4.69, 9.17) is 18.9 Å². The number of benzene rings is 3. The molecule has 3 aromatic carbocycles. The molecule has 2 unspecified atom stereocenters.